The van der Waals surface area contributed by atoms with E-state index in [1.807, 2.05) is 30.7 Å². The maximum absolute atomic E-state index is 12.7. The van der Waals surface area contributed by atoms with Crippen LogP contribution in [0.3, 0.4) is 0 Å². The lowest BCUT2D eigenvalue weighted by atomic mass is 10.2. The van der Waals surface area contributed by atoms with Crippen molar-refractivity contribution in [3.05, 3.63) is 51.3 Å². The van der Waals surface area contributed by atoms with Gasteiger partial charge < -0.3 is 14.0 Å². The van der Waals surface area contributed by atoms with Crippen molar-refractivity contribution in [1.82, 2.24) is 4.57 Å². The molecule has 0 saturated carbocycles. The van der Waals surface area contributed by atoms with Gasteiger partial charge in [-0.25, -0.2) is 0 Å². The molecule has 0 unspecified atom stereocenters. The fourth-order valence-electron chi connectivity index (χ4n) is 2.71. The number of carbonyl (C=O) groups is 1. The van der Waals surface area contributed by atoms with Crippen LogP contribution in [0.5, 0.6) is 11.5 Å². The molecular formula is C18H17ClN2O3S. The zero-order valence-corrected chi connectivity index (χ0v) is 15.9. The second-order valence-electron chi connectivity index (χ2n) is 5.42. The highest BCUT2D eigenvalue weighted by atomic mass is 35.5. The molecule has 0 atom stereocenters. The fraction of sp³-hybridized carbons (Fsp3) is 0.222. The number of thiazole rings is 1. The van der Waals surface area contributed by atoms with Crippen LogP contribution in [-0.2, 0) is 7.05 Å². The van der Waals surface area contributed by atoms with Crippen molar-refractivity contribution in [2.75, 3.05) is 14.2 Å². The van der Waals surface area contributed by atoms with E-state index in [1.165, 1.54) is 25.6 Å². The van der Waals surface area contributed by atoms with Crippen LogP contribution in [0.2, 0.25) is 5.02 Å². The summed E-state index contributed by atoms with van der Waals surface area (Å²) in [5.41, 5.74) is 2.29. The van der Waals surface area contributed by atoms with Gasteiger partial charge in [-0.1, -0.05) is 29.0 Å². The summed E-state index contributed by atoms with van der Waals surface area (Å²) < 4.78 is 13.5. The Labute approximate surface area is 154 Å². The molecule has 25 heavy (non-hydrogen) atoms. The number of hydrogen-bond donors (Lipinski definition) is 0. The molecule has 1 heterocycles. The van der Waals surface area contributed by atoms with E-state index in [-0.39, 0.29) is 5.91 Å². The van der Waals surface area contributed by atoms with Crippen LogP contribution in [0.1, 0.15) is 15.9 Å². The molecule has 130 valence electrons. The van der Waals surface area contributed by atoms with Gasteiger partial charge in [-0.3, -0.25) is 4.79 Å². The van der Waals surface area contributed by atoms with Crippen LogP contribution in [0.4, 0.5) is 0 Å². The van der Waals surface area contributed by atoms with Gasteiger partial charge in [0.05, 0.1) is 30.0 Å². The van der Waals surface area contributed by atoms with E-state index in [0.717, 1.165) is 15.8 Å². The number of hydrogen-bond acceptors (Lipinski definition) is 4. The monoisotopic (exact) mass is 376 g/mol. The number of rotatable bonds is 3. The summed E-state index contributed by atoms with van der Waals surface area (Å²) in [6.07, 6.45) is 0. The Morgan fingerprint density at radius 2 is 1.96 bits per heavy atom. The number of halogens is 1. The summed E-state index contributed by atoms with van der Waals surface area (Å²) in [4.78, 5) is 17.6. The lowest BCUT2D eigenvalue weighted by molar-refractivity contribution is 0.0994. The molecule has 2 aromatic carbocycles. The molecule has 0 N–H and O–H groups in total. The van der Waals surface area contributed by atoms with Crippen LogP contribution in [-0.4, -0.2) is 24.7 Å². The van der Waals surface area contributed by atoms with E-state index in [2.05, 4.69) is 4.99 Å². The Balaban J connectivity index is 2.16. The molecule has 0 aliphatic heterocycles. The quantitative estimate of drug-likeness (QED) is 0.695. The SMILES string of the molecule is COc1cccc(C(=O)N=c2sc3ccc(Cl)c(C)c3n2C)c1OC. The number of aromatic nitrogens is 1. The smallest absolute Gasteiger partial charge is 0.283 e. The minimum absolute atomic E-state index is 0.356. The van der Waals surface area contributed by atoms with Gasteiger partial charge in [-0.15, -0.1) is 0 Å². The minimum Gasteiger partial charge on any atom is -0.493 e. The standard InChI is InChI=1S/C18H17ClN2O3S/c1-10-12(19)8-9-14-15(10)21(2)18(25-14)20-17(22)11-6-5-7-13(23-3)16(11)24-4/h5-9H,1-4H3. The van der Waals surface area contributed by atoms with Crippen LogP contribution < -0.4 is 14.3 Å². The second-order valence-corrected chi connectivity index (χ2v) is 6.84. The highest BCUT2D eigenvalue weighted by molar-refractivity contribution is 7.16. The third-order valence-electron chi connectivity index (χ3n) is 3.98. The predicted octanol–water partition coefficient (Wildman–Crippen LogP) is 3.96. The summed E-state index contributed by atoms with van der Waals surface area (Å²) in [5.74, 6) is 0.482. The van der Waals surface area contributed by atoms with Gasteiger partial charge in [0.25, 0.3) is 5.91 Å². The molecule has 0 aliphatic rings. The van der Waals surface area contributed by atoms with Crippen molar-refractivity contribution in [1.29, 1.82) is 0 Å². The second kappa shape index (κ2) is 6.90. The number of carbonyl (C=O) groups excluding carboxylic acids is 1. The molecule has 0 bridgehead atoms. The number of benzene rings is 2. The van der Waals surface area contributed by atoms with Crippen molar-refractivity contribution >= 4 is 39.1 Å². The highest BCUT2D eigenvalue weighted by Crippen LogP contribution is 2.31. The highest BCUT2D eigenvalue weighted by Gasteiger charge is 2.17. The number of nitrogens with zero attached hydrogens (tertiary/aromatic N) is 2. The number of amides is 1. The Hall–Kier alpha value is -2.31. The van der Waals surface area contributed by atoms with Gasteiger partial charge in [-0.2, -0.15) is 4.99 Å². The average molecular weight is 377 g/mol. The normalized spacial score (nSPS) is 11.8. The number of aryl methyl sites for hydroxylation is 2. The molecule has 3 rings (SSSR count). The van der Waals surface area contributed by atoms with E-state index in [1.54, 1.807) is 18.2 Å². The molecular weight excluding hydrogens is 360 g/mol. The first-order valence-corrected chi connectivity index (χ1v) is 8.72. The summed E-state index contributed by atoms with van der Waals surface area (Å²) in [5, 5.41) is 0.688. The largest absolute Gasteiger partial charge is 0.493 e. The van der Waals surface area contributed by atoms with Crippen LogP contribution in [0.15, 0.2) is 35.3 Å². The molecule has 0 fully saturated rings. The zero-order chi connectivity index (χ0) is 18.1. The third-order valence-corrected chi connectivity index (χ3v) is 5.49. The van der Waals surface area contributed by atoms with E-state index < -0.39 is 0 Å². The molecule has 1 aromatic heterocycles. The van der Waals surface area contributed by atoms with E-state index in [4.69, 9.17) is 21.1 Å². The summed E-state index contributed by atoms with van der Waals surface area (Å²) >= 11 is 7.64. The molecule has 3 aromatic rings. The third kappa shape index (κ3) is 3.03. The number of para-hydroxylation sites is 1. The van der Waals surface area contributed by atoms with Crippen molar-refractivity contribution < 1.29 is 14.3 Å². The topological polar surface area (TPSA) is 52.8 Å². The van der Waals surface area contributed by atoms with Crippen LogP contribution >= 0.6 is 22.9 Å². The Bertz CT molecular complexity index is 1040. The molecule has 0 radical (unpaired) electrons. The molecule has 0 saturated heterocycles. The Morgan fingerprint density at radius 1 is 1.20 bits per heavy atom. The molecule has 5 nitrogen and oxygen atoms in total. The molecule has 0 aliphatic carbocycles. The maximum Gasteiger partial charge on any atom is 0.283 e. The van der Waals surface area contributed by atoms with Crippen molar-refractivity contribution in [3.8, 4) is 11.5 Å². The van der Waals surface area contributed by atoms with Crippen LogP contribution in [0.25, 0.3) is 10.2 Å². The van der Waals surface area contributed by atoms with Gasteiger partial charge in [0.1, 0.15) is 0 Å². The van der Waals surface area contributed by atoms with Crippen molar-refractivity contribution in [2.45, 2.75) is 6.92 Å². The summed E-state index contributed by atoms with van der Waals surface area (Å²) in [6, 6.07) is 8.93. The van der Waals surface area contributed by atoms with Gasteiger partial charge >= 0.3 is 0 Å². The summed E-state index contributed by atoms with van der Waals surface area (Å²) in [6.45, 7) is 1.95. The average Bonchev–Trinajstić information content (AvgIpc) is 2.93. The fourth-order valence-corrected chi connectivity index (χ4v) is 3.94. The molecule has 0 spiro atoms. The first kappa shape index (κ1) is 17.5. The van der Waals surface area contributed by atoms with E-state index in [9.17, 15) is 4.79 Å². The summed E-state index contributed by atoms with van der Waals surface area (Å²) in [7, 11) is 4.90. The lowest BCUT2D eigenvalue weighted by Gasteiger charge is -2.09. The minimum atomic E-state index is -0.387. The Kier molecular flexibility index (Phi) is 4.83. The van der Waals surface area contributed by atoms with Gasteiger partial charge in [-0.05, 0) is 36.8 Å². The molecule has 1 amide bonds. The first-order chi connectivity index (χ1) is 12.0. The van der Waals surface area contributed by atoms with Gasteiger partial charge in [0, 0.05) is 12.1 Å². The van der Waals surface area contributed by atoms with Crippen molar-refractivity contribution in [2.24, 2.45) is 12.0 Å². The van der Waals surface area contributed by atoms with Gasteiger partial charge in [0.2, 0.25) is 0 Å². The van der Waals surface area contributed by atoms with Crippen molar-refractivity contribution in [3.63, 3.8) is 0 Å². The number of ether oxygens (including phenoxy) is 2. The first-order valence-electron chi connectivity index (χ1n) is 7.52. The lowest BCUT2D eigenvalue weighted by Crippen LogP contribution is -2.14. The Morgan fingerprint density at radius 3 is 2.64 bits per heavy atom. The maximum atomic E-state index is 12.7. The van der Waals surface area contributed by atoms with E-state index >= 15 is 0 Å². The van der Waals surface area contributed by atoms with Gasteiger partial charge in [0.15, 0.2) is 16.3 Å². The number of methoxy groups -OCH3 is 2. The van der Waals surface area contributed by atoms with Crippen LogP contribution in [0, 0.1) is 6.92 Å². The van der Waals surface area contributed by atoms with E-state index in [0.29, 0.717) is 26.9 Å². The zero-order valence-electron chi connectivity index (χ0n) is 14.3. The molecule has 7 heteroatoms. The predicted molar refractivity (Wildman–Crippen MR) is 100.0 cm³/mol. The number of fused-ring (bicyclic) bond motifs is 1.